The Morgan fingerprint density at radius 1 is 1.24 bits per heavy atom. The highest BCUT2D eigenvalue weighted by Gasteiger charge is 2.38. The van der Waals surface area contributed by atoms with Crippen LogP contribution >= 0.6 is 11.6 Å². The Morgan fingerprint density at radius 2 is 2.10 bits per heavy atom. The van der Waals surface area contributed by atoms with Gasteiger partial charge in [-0.05, 0) is 56.3 Å². The maximum absolute atomic E-state index is 6.08. The van der Waals surface area contributed by atoms with E-state index in [0.29, 0.717) is 6.04 Å². The topological polar surface area (TPSA) is 30.5 Å². The molecule has 1 N–H and O–H groups in total. The maximum Gasteiger partial charge on any atom is 0.0741 e. The number of rotatable bonds is 4. The molecule has 1 atom stereocenters. The molecule has 1 aromatic rings. The first-order chi connectivity index (χ1) is 10.3. The summed E-state index contributed by atoms with van der Waals surface area (Å²) >= 11 is 6.02. The van der Waals surface area contributed by atoms with Gasteiger partial charge in [-0.25, -0.2) is 0 Å². The first-order valence-corrected chi connectivity index (χ1v) is 8.33. The van der Waals surface area contributed by atoms with Crippen molar-refractivity contribution in [1.82, 2.24) is 5.32 Å². The average molecular weight is 310 g/mol. The molecule has 2 aliphatic rings. The molecule has 0 aliphatic carbocycles. The van der Waals surface area contributed by atoms with Gasteiger partial charge in [-0.3, -0.25) is 0 Å². The molecule has 2 fully saturated rings. The summed E-state index contributed by atoms with van der Waals surface area (Å²) in [6.07, 6.45) is 5.33. The SMILES string of the molecule is Clc1cccc(CCNC2CCOC3(CCOCC3)C2)c1. The minimum Gasteiger partial charge on any atom is -0.381 e. The Bertz CT molecular complexity index is 454. The number of benzene rings is 1. The van der Waals surface area contributed by atoms with E-state index in [1.54, 1.807) is 0 Å². The zero-order chi connectivity index (χ0) is 14.5. The lowest BCUT2D eigenvalue weighted by Crippen LogP contribution is -2.50. The zero-order valence-corrected chi connectivity index (χ0v) is 13.2. The van der Waals surface area contributed by atoms with E-state index in [-0.39, 0.29) is 5.60 Å². The Kier molecular flexibility index (Phi) is 5.17. The van der Waals surface area contributed by atoms with Crippen molar-refractivity contribution in [3.63, 3.8) is 0 Å². The molecule has 3 nitrogen and oxygen atoms in total. The molecule has 21 heavy (non-hydrogen) atoms. The molecule has 2 heterocycles. The normalized spacial score (nSPS) is 25.1. The molecular weight excluding hydrogens is 286 g/mol. The van der Waals surface area contributed by atoms with Gasteiger partial charge < -0.3 is 14.8 Å². The fourth-order valence-electron chi connectivity index (χ4n) is 3.41. The summed E-state index contributed by atoms with van der Waals surface area (Å²) in [6.45, 7) is 3.55. The molecule has 1 spiro atoms. The molecule has 3 rings (SSSR count). The van der Waals surface area contributed by atoms with Crippen molar-refractivity contribution in [1.29, 1.82) is 0 Å². The van der Waals surface area contributed by atoms with Crippen molar-refractivity contribution in [2.75, 3.05) is 26.4 Å². The second-order valence-electron chi connectivity index (χ2n) is 6.17. The average Bonchev–Trinajstić information content (AvgIpc) is 2.48. The van der Waals surface area contributed by atoms with Crippen LogP contribution in [0.15, 0.2) is 24.3 Å². The lowest BCUT2D eigenvalue weighted by molar-refractivity contribution is -0.140. The van der Waals surface area contributed by atoms with Crippen LogP contribution < -0.4 is 5.32 Å². The van der Waals surface area contributed by atoms with E-state index in [1.165, 1.54) is 5.56 Å². The summed E-state index contributed by atoms with van der Waals surface area (Å²) in [4.78, 5) is 0. The van der Waals surface area contributed by atoms with Gasteiger partial charge in [-0.1, -0.05) is 23.7 Å². The third-order valence-corrected chi connectivity index (χ3v) is 4.87. The summed E-state index contributed by atoms with van der Waals surface area (Å²) < 4.78 is 11.5. The van der Waals surface area contributed by atoms with Gasteiger partial charge in [0, 0.05) is 30.9 Å². The Labute approximate surface area is 132 Å². The van der Waals surface area contributed by atoms with E-state index < -0.39 is 0 Å². The molecule has 2 aliphatic heterocycles. The molecular formula is C17H24ClNO2. The van der Waals surface area contributed by atoms with Crippen LogP contribution in [0.5, 0.6) is 0 Å². The zero-order valence-electron chi connectivity index (χ0n) is 12.4. The molecule has 0 bridgehead atoms. The maximum atomic E-state index is 6.08. The summed E-state index contributed by atoms with van der Waals surface area (Å²) in [7, 11) is 0. The van der Waals surface area contributed by atoms with Crippen LogP contribution in [-0.2, 0) is 15.9 Å². The predicted molar refractivity (Wildman–Crippen MR) is 84.9 cm³/mol. The summed E-state index contributed by atoms with van der Waals surface area (Å²) in [5.74, 6) is 0. The molecule has 0 amide bonds. The number of halogens is 1. The van der Waals surface area contributed by atoms with Crippen molar-refractivity contribution >= 4 is 11.6 Å². The van der Waals surface area contributed by atoms with Crippen LogP contribution in [0.25, 0.3) is 0 Å². The van der Waals surface area contributed by atoms with E-state index in [9.17, 15) is 0 Å². The summed E-state index contributed by atoms with van der Waals surface area (Å²) in [5.41, 5.74) is 1.37. The van der Waals surface area contributed by atoms with E-state index in [1.807, 2.05) is 18.2 Å². The Morgan fingerprint density at radius 3 is 2.90 bits per heavy atom. The molecule has 116 valence electrons. The molecule has 1 aromatic carbocycles. The van der Waals surface area contributed by atoms with E-state index in [0.717, 1.165) is 63.5 Å². The van der Waals surface area contributed by atoms with Gasteiger partial charge in [0.15, 0.2) is 0 Å². The van der Waals surface area contributed by atoms with Crippen LogP contribution in [-0.4, -0.2) is 38.0 Å². The van der Waals surface area contributed by atoms with E-state index in [2.05, 4.69) is 11.4 Å². The fraction of sp³-hybridized carbons (Fsp3) is 0.647. The van der Waals surface area contributed by atoms with Crippen LogP contribution in [0.2, 0.25) is 5.02 Å². The second kappa shape index (κ2) is 7.10. The number of ether oxygens (including phenoxy) is 2. The number of hydrogen-bond donors (Lipinski definition) is 1. The largest absolute Gasteiger partial charge is 0.381 e. The fourth-order valence-corrected chi connectivity index (χ4v) is 3.62. The lowest BCUT2D eigenvalue weighted by atomic mass is 9.84. The monoisotopic (exact) mass is 309 g/mol. The molecule has 0 radical (unpaired) electrons. The third-order valence-electron chi connectivity index (χ3n) is 4.63. The van der Waals surface area contributed by atoms with Crippen molar-refractivity contribution in [2.24, 2.45) is 0 Å². The summed E-state index contributed by atoms with van der Waals surface area (Å²) in [6, 6.07) is 8.69. The number of nitrogens with one attached hydrogen (secondary N) is 1. The highest BCUT2D eigenvalue weighted by Crippen LogP contribution is 2.34. The third kappa shape index (κ3) is 4.19. The van der Waals surface area contributed by atoms with Crippen LogP contribution in [0.1, 0.15) is 31.2 Å². The second-order valence-corrected chi connectivity index (χ2v) is 6.60. The van der Waals surface area contributed by atoms with Crippen LogP contribution in [0.3, 0.4) is 0 Å². The van der Waals surface area contributed by atoms with Gasteiger partial charge in [-0.15, -0.1) is 0 Å². The highest BCUT2D eigenvalue weighted by atomic mass is 35.5. The van der Waals surface area contributed by atoms with Gasteiger partial charge in [0.25, 0.3) is 0 Å². The Hall–Kier alpha value is -0.610. The quantitative estimate of drug-likeness (QED) is 0.926. The molecule has 0 aromatic heterocycles. The molecule has 4 heteroatoms. The standard InChI is InChI=1S/C17H24ClNO2/c18-15-3-1-2-14(12-15)4-8-19-16-5-9-21-17(13-16)6-10-20-11-7-17/h1-3,12,16,19H,4-11,13H2. The Balaban J connectivity index is 1.46. The minimum atomic E-state index is 0.0736. The summed E-state index contributed by atoms with van der Waals surface area (Å²) in [5, 5.41) is 4.52. The van der Waals surface area contributed by atoms with Crippen LogP contribution in [0.4, 0.5) is 0 Å². The van der Waals surface area contributed by atoms with Crippen molar-refractivity contribution < 1.29 is 9.47 Å². The highest BCUT2D eigenvalue weighted by molar-refractivity contribution is 6.30. The van der Waals surface area contributed by atoms with Gasteiger partial charge in [-0.2, -0.15) is 0 Å². The van der Waals surface area contributed by atoms with Crippen molar-refractivity contribution in [2.45, 2.75) is 43.7 Å². The van der Waals surface area contributed by atoms with Gasteiger partial charge >= 0.3 is 0 Å². The van der Waals surface area contributed by atoms with Gasteiger partial charge in [0.1, 0.15) is 0 Å². The molecule has 2 saturated heterocycles. The first-order valence-electron chi connectivity index (χ1n) is 7.95. The molecule has 1 unspecified atom stereocenters. The van der Waals surface area contributed by atoms with Gasteiger partial charge in [0.05, 0.1) is 5.60 Å². The van der Waals surface area contributed by atoms with E-state index in [4.69, 9.17) is 21.1 Å². The molecule has 0 saturated carbocycles. The smallest absolute Gasteiger partial charge is 0.0741 e. The minimum absolute atomic E-state index is 0.0736. The lowest BCUT2D eigenvalue weighted by Gasteiger charge is -2.43. The van der Waals surface area contributed by atoms with Crippen molar-refractivity contribution in [3.8, 4) is 0 Å². The van der Waals surface area contributed by atoms with E-state index >= 15 is 0 Å². The van der Waals surface area contributed by atoms with Crippen molar-refractivity contribution in [3.05, 3.63) is 34.9 Å². The predicted octanol–water partition coefficient (Wildman–Crippen LogP) is 3.20. The van der Waals surface area contributed by atoms with Crippen LogP contribution in [0, 0.1) is 0 Å². The first kappa shape index (κ1) is 15.3. The number of hydrogen-bond acceptors (Lipinski definition) is 3. The van der Waals surface area contributed by atoms with Gasteiger partial charge in [0.2, 0.25) is 0 Å².